The van der Waals surface area contributed by atoms with Crippen molar-refractivity contribution in [1.29, 1.82) is 0 Å². The summed E-state index contributed by atoms with van der Waals surface area (Å²) in [5, 5.41) is 8.86. The maximum Gasteiger partial charge on any atom is 0.282 e. The van der Waals surface area contributed by atoms with Crippen LogP contribution in [0, 0.1) is 0 Å². The maximum absolute atomic E-state index is 12.9. The second-order valence-electron chi connectivity index (χ2n) is 6.16. The monoisotopic (exact) mass is 409 g/mol. The fourth-order valence-corrected chi connectivity index (χ4v) is 3.70. The van der Waals surface area contributed by atoms with Gasteiger partial charge in [-0.2, -0.15) is 10.1 Å². The summed E-state index contributed by atoms with van der Waals surface area (Å²) in [7, 11) is 1.63. The van der Waals surface area contributed by atoms with Crippen LogP contribution in [0.4, 0.5) is 5.13 Å². The van der Waals surface area contributed by atoms with Gasteiger partial charge in [-0.1, -0.05) is 23.7 Å². The topological polar surface area (TPSA) is 54.8 Å². The van der Waals surface area contributed by atoms with E-state index in [-0.39, 0.29) is 5.91 Å². The van der Waals surface area contributed by atoms with Gasteiger partial charge >= 0.3 is 0 Å². The van der Waals surface area contributed by atoms with E-state index in [4.69, 9.17) is 16.3 Å². The van der Waals surface area contributed by atoms with Crippen LogP contribution in [0.3, 0.4) is 0 Å². The fraction of sp³-hybridized carbons (Fsp3) is 0.0952. The summed E-state index contributed by atoms with van der Waals surface area (Å²) in [5.41, 5.74) is 3.83. The Bertz CT molecular complexity index is 1090. The van der Waals surface area contributed by atoms with Crippen molar-refractivity contribution in [1.82, 2.24) is 4.98 Å². The number of thiazole rings is 1. The van der Waals surface area contributed by atoms with E-state index in [0.29, 0.717) is 21.4 Å². The predicted octanol–water partition coefficient (Wildman–Crippen LogP) is 5.28. The number of nitrogens with zero attached hydrogens (tertiary/aromatic N) is 3. The second kappa shape index (κ2) is 7.58. The largest absolute Gasteiger partial charge is 0.497 e. The minimum atomic E-state index is -0.192. The van der Waals surface area contributed by atoms with E-state index in [1.54, 1.807) is 19.2 Å². The number of aromatic nitrogens is 1. The number of ether oxygens (including phenoxy) is 1. The lowest BCUT2D eigenvalue weighted by Crippen LogP contribution is -2.21. The molecule has 0 N–H and O–H groups in total. The van der Waals surface area contributed by atoms with Gasteiger partial charge in [-0.3, -0.25) is 4.79 Å². The van der Waals surface area contributed by atoms with E-state index >= 15 is 0 Å². The highest BCUT2D eigenvalue weighted by molar-refractivity contribution is 7.14. The van der Waals surface area contributed by atoms with Gasteiger partial charge in [-0.15, -0.1) is 11.3 Å². The highest BCUT2D eigenvalue weighted by Crippen LogP contribution is 2.32. The smallest absolute Gasteiger partial charge is 0.282 e. The molecular weight excluding hydrogens is 394 g/mol. The summed E-state index contributed by atoms with van der Waals surface area (Å²) in [6.45, 7) is 1.82. The quantitative estimate of drug-likeness (QED) is 0.551. The van der Waals surface area contributed by atoms with Crippen molar-refractivity contribution in [3.8, 4) is 17.0 Å². The molecule has 4 rings (SSSR count). The van der Waals surface area contributed by atoms with Crippen LogP contribution in [0.1, 0.15) is 12.5 Å². The lowest BCUT2D eigenvalue weighted by atomic mass is 10.1. The van der Waals surface area contributed by atoms with Gasteiger partial charge in [0.05, 0.1) is 24.1 Å². The Kier molecular flexibility index (Phi) is 4.98. The normalized spacial score (nSPS) is 15.2. The Morgan fingerprint density at radius 1 is 1.11 bits per heavy atom. The van der Waals surface area contributed by atoms with Crippen LogP contribution in [-0.4, -0.2) is 23.7 Å². The second-order valence-corrected chi connectivity index (χ2v) is 7.43. The lowest BCUT2D eigenvalue weighted by molar-refractivity contribution is -0.114. The molecule has 0 fully saturated rings. The summed E-state index contributed by atoms with van der Waals surface area (Å²) in [6.07, 6.45) is 1.81. The molecule has 1 aromatic heterocycles. The zero-order chi connectivity index (χ0) is 19.7. The molecule has 2 aromatic carbocycles. The Hall–Kier alpha value is -2.96. The Morgan fingerprint density at radius 3 is 2.50 bits per heavy atom. The number of hydrazone groups is 1. The predicted molar refractivity (Wildman–Crippen MR) is 114 cm³/mol. The molecule has 0 atom stereocenters. The summed E-state index contributed by atoms with van der Waals surface area (Å²) < 4.78 is 5.18. The van der Waals surface area contributed by atoms with Crippen LogP contribution in [0.15, 0.2) is 64.6 Å². The number of carbonyl (C=O) groups excluding carboxylic acids is 1. The molecule has 0 unspecified atom stereocenters. The minimum Gasteiger partial charge on any atom is -0.497 e. The Morgan fingerprint density at radius 2 is 1.82 bits per heavy atom. The minimum absolute atomic E-state index is 0.192. The third-order valence-corrected chi connectivity index (χ3v) is 5.37. The van der Waals surface area contributed by atoms with Crippen molar-refractivity contribution in [2.24, 2.45) is 5.10 Å². The molecule has 1 aliphatic heterocycles. The molecular formula is C21H16ClN3O2S. The average Bonchev–Trinajstić information content (AvgIpc) is 3.30. The van der Waals surface area contributed by atoms with Crippen LogP contribution in [0.5, 0.6) is 5.75 Å². The highest BCUT2D eigenvalue weighted by atomic mass is 35.5. The van der Waals surface area contributed by atoms with Gasteiger partial charge in [0.15, 0.2) is 0 Å². The molecule has 140 valence electrons. The molecule has 1 aliphatic rings. The van der Waals surface area contributed by atoms with Crippen molar-refractivity contribution in [2.45, 2.75) is 6.92 Å². The first-order chi connectivity index (χ1) is 13.5. The number of anilines is 1. The standard InChI is InChI=1S/C21H16ClN3O2S/c1-13-18(11-14-3-7-16(22)8-4-14)20(26)25(24-13)21-23-19(12-28-21)15-5-9-17(27-2)10-6-15/h3-12H,1-2H3/b18-11-. The molecule has 0 aliphatic carbocycles. The van der Waals surface area contributed by atoms with Gasteiger partial charge in [0.2, 0.25) is 5.13 Å². The van der Waals surface area contributed by atoms with E-state index in [2.05, 4.69) is 10.1 Å². The maximum atomic E-state index is 12.9. The third-order valence-electron chi connectivity index (χ3n) is 4.30. The van der Waals surface area contributed by atoms with E-state index in [0.717, 1.165) is 22.6 Å². The molecule has 0 radical (unpaired) electrons. The van der Waals surface area contributed by atoms with Gasteiger partial charge < -0.3 is 4.74 Å². The molecule has 0 saturated carbocycles. The number of carbonyl (C=O) groups is 1. The van der Waals surface area contributed by atoms with Gasteiger partial charge in [0.1, 0.15) is 5.75 Å². The molecule has 5 nitrogen and oxygen atoms in total. The fourth-order valence-electron chi connectivity index (χ4n) is 2.80. The Labute approximate surface area is 171 Å². The first-order valence-electron chi connectivity index (χ1n) is 8.52. The number of halogens is 1. The summed E-state index contributed by atoms with van der Waals surface area (Å²) >= 11 is 7.30. The highest BCUT2D eigenvalue weighted by Gasteiger charge is 2.30. The lowest BCUT2D eigenvalue weighted by Gasteiger charge is -2.07. The van der Waals surface area contributed by atoms with Crippen molar-refractivity contribution in [3.63, 3.8) is 0 Å². The number of methoxy groups -OCH3 is 1. The Balaban J connectivity index is 1.59. The van der Waals surface area contributed by atoms with Gasteiger partial charge in [0.25, 0.3) is 5.91 Å². The first kappa shape index (κ1) is 18.4. The van der Waals surface area contributed by atoms with Crippen molar-refractivity contribution in [3.05, 3.63) is 70.1 Å². The van der Waals surface area contributed by atoms with Crippen LogP contribution < -0.4 is 9.75 Å². The van der Waals surface area contributed by atoms with Crippen LogP contribution in [0.2, 0.25) is 5.02 Å². The number of rotatable bonds is 4. The molecule has 3 aromatic rings. The first-order valence-corrected chi connectivity index (χ1v) is 9.78. The third kappa shape index (κ3) is 3.56. The number of benzene rings is 2. The van der Waals surface area contributed by atoms with E-state index in [1.165, 1.54) is 16.3 Å². The van der Waals surface area contributed by atoms with Crippen LogP contribution >= 0.6 is 22.9 Å². The molecule has 0 bridgehead atoms. The van der Waals surface area contributed by atoms with Crippen LogP contribution in [-0.2, 0) is 4.79 Å². The molecule has 0 saturated heterocycles. The molecule has 0 spiro atoms. The molecule has 28 heavy (non-hydrogen) atoms. The van der Waals surface area contributed by atoms with E-state index in [9.17, 15) is 4.79 Å². The summed E-state index contributed by atoms with van der Waals surface area (Å²) in [5.74, 6) is 0.592. The van der Waals surface area contributed by atoms with Gasteiger partial charge in [-0.05, 0) is 55.0 Å². The average molecular weight is 410 g/mol. The van der Waals surface area contributed by atoms with Crippen molar-refractivity contribution < 1.29 is 9.53 Å². The number of amides is 1. The molecule has 7 heteroatoms. The van der Waals surface area contributed by atoms with E-state index < -0.39 is 0 Å². The summed E-state index contributed by atoms with van der Waals surface area (Å²) in [4.78, 5) is 17.5. The zero-order valence-electron chi connectivity index (χ0n) is 15.2. The SMILES string of the molecule is COc1ccc(-c2csc(N3N=C(C)/C(=C/c4ccc(Cl)cc4)C3=O)n2)cc1. The summed E-state index contributed by atoms with van der Waals surface area (Å²) in [6, 6.07) is 14.9. The van der Waals surface area contributed by atoms with Crippen LogP contribution in [0.25, 0.3) is 17.3 Å². The number of hydrogen-bond donors (Lipinski definition) is 0. The number of hydrogen-bond acceptors (Lipinski definition) is 5. The molecule has 1 amide bonds. The zero-order valence-corrected chi connectivity index (χ0v) is 16.8. The van der Waals surface area contributed by atoms with Gasteiger partial charge in [0, 0.05) is 16.0 Å². The molecule has 2 heterocycles. The van der Waals surface area contributed by atoms with Crippen molar-refractivity contribution >= 4 is 45.8 Å². The van der Waals surface area contributed by atoms with Crippen molar-refractivity contribution in [2.75, 3.05) is 12.1 Å². The van der Waals surface area contributed by atoms with Gasteiger partial charge in [-0.25, -0.2) is 4.98 Å². The van der Waals surface area contributed by atoms with E-state index in [1.807, 2.05) is 54.8 Å².